The van der Waals surface area contributed by atoms with Gasteiger partial charge >= 0.3 is 0 Å². The number of aryl methyl sites for hydroxylation is 1. The molecule has 0 heterocycles. The van der Waals surface area contributed by atoms with E-state index in [1.807, 2.05) is 31.2 Å². The lowest BCUT2D eigenvalue weighted by Crippen LogP contribution is -2.10. The maximum Gasteiger partial charge on any atom is 0.119 e. The molecule has 2 rings (SSSR count). The third-order valence-electron chi connectivity index (χ3n) is 2.77. The van der Waals surface area contributed by atoms with Crippen LogP contribution in [-0.4, -0.2) is 11.7 Å². The number of halogens is 1. The van der Waals surface area contributed by atoms with Gasteiger partial charge in [-0.2, -0.15) is 0 Å². The van der Waals surface area contributed by atoms with E-state index in [2.05, 4.69) is 0 Å². The van der Waals surface area contributed by atoms with Gasteiger partial charge in [0, 0.05) is 5.02 Å². The molecule has 1 atom stereocenters. The SMILES string of the molecule is Cc1ccccc1C(O)COc1ccc(Cl)cc1. The highest BCUT2D eigenvalue weighted by molar-refractivity contribution is 6.30. The van der Waals surface area contributed by atoms with E-state index in [0.717, 1.165) is 11.1 Å². The third-order valence-corrected chi connectivity index (χ3v) is 3.02. The Labute approximate surface area is 112 Å². The van der Waals surface area contributed by atoms with E-state index in [1.165, 1.54) is 0 Å². The fourth-order valence-electron chi connectivity index (χ4n) is 1.76. The van der Waals surface area contributed by atoms with E-state index >= 15 is 0 Å². The molecule has 1 N–H and O–H groups in total. The molecule has 2 aromatic carbocycles. The first kappa shape index (κ1) is 12.9. The molecule has 0 aliphatic heterocycles. The standard InChI is InChI=1S/C15H15ClO2/c1-11-4-2-3-5-14(11)15(17)10-18-13-8-6-12(16)7-9-13/h2-9,15,17H,10H2,1H3. The summed E-state index contributed by atoms with van der Waals surface area (Å²) in [5, 5.41) is 10.7. The van der Waals surface area contributed by atoms with Gasteiger partial charge in [0.25, 0.3) is 0 Å². The molecule has 3 heteroatoms. The van der Waals surface area contributed by atoms with Crippen LogP contribution in [0.3, 0.4) is 0 Å². The Morgan fingerprint density at radius 1 is 1.11 bits per heavy atom. The maximum atomic E-state index is 10.1. The summed E-state index contributed by atoms with van der Waals surface area (Å²) in [6.45, 7) is 2.20. The summed E-state index contributed by atoms with van der Waals surface area (Å²) < 4.78 is 5.52. The lowest BCUT2D eigenvalue weighted by atomic mass is 10.0. The average Bonchev–Trinajstić information content (AvgIpc) is 2.38. The molecule has 2 aromatic rings. The number of aliphatic hydroxyl groups is 1. The molecule has 0 spiro atoms. The lowest BCUT2D eigenvalue weighted by Gasteiger charge is -2.14. The zero-order valence-electron chi connectivity index (χ0n) is 10.1. The Balaban J connectivity index is 1.98. The van der Waals surface area contributed by atoms with E-state index < -0.39 is 6.10 Å². The molecule has 0 aliphatic rings. The molecule has 0 bridgehead atoms. The van der Waals surface area contributed by atoms with E-state index in [0.29, 0.717) is 10.8 Å². The number of ether oxygens (including phenoxy) is 1. The largest absolute Gasteiger partial charge is 0.491 e. The Hall–Kier alpha value is -1.51. The smallest absolute Gasteiger partial charge is 0.119 e. The number of rotatable bonds is 4. The number of hydrogen-bond acceptors (Lipinski definition) is 2. The van der Waals surface area contributed by atoms with Crippen LogP contribution in [0.1, 0.15) is 17.2 Å². The second-order valence-corrected chi connectivity index (χ2v) is 4.57. The monoisotopic (exact) mass is 262 g/mol. The minimum atomic E-state index is -0.623. The van der Waals surface area contributed by atoms with Gasteiger partial charge in [-0.05, 0) is 42.3 Å². The summed E-state index contributed by atoms with van der Waals surface area (Å²) in [6.07, 6.45) is -0.623. The molecule has 0 amide bonds. The first-order valence-electron chi connectivity index (χ1n) is 5.79. The second kappa shape index (κ2) is 5.89. The Morgan fingerprint density at radius 3 is 2.44 bits per heavy atom. The summed E-state index contributed by atoms with van der Waals surface area (Å²) in [7, 11) is 0. The lowest BCUT2D eigenvalue weighted by molar-refractivity contribution is 0.107. The zero-order chi connectivity index (χ0) is 13.0. The van der Waals surface area contributed by atoms with Gasteiger partial charge in [-0.3, -0.25) is 0 Å². The molecule has 0 aliphatic carbocycles. The molecule has 1 unspecified atom stereocenters. The summed E-state index contributed by atoms with van der Waals surface area (Å²) >= 11 is 5.79. The minimum absolute atomic E-state index is 0.229. The van der Waals surface area contributed by atoms with Crippen LogP contribution in [0.2, 0.25) is 5.02 Å². The number of aliphatic hydroxyl groups excluding tert-OH is 1. The summed E-state index contributed by atoms with van der Waals surface area (Å²) in [5.74, 6) is 0.701. The van der Waals surface area contributed by atoms with Crippen molar-refractivity contribution in [3.05, 3.63) is 64.7 Å². The van der Waals surface area contributed by atoms with Gasteiger partial charge in [-0.25, -0.2) is 0 Å². The fourth-order valence-corrected chi connectivity index (χ4v) is 1.88. The highest BCUT2D eigenvalue weighted by atomic mass is 35.5. The molecular weight excluding hydrogens is 248 g/mol. The van der Waals surface area contributed by atoms with Gasteiger partial charge in [-0.15, -0.1) is 0 Å². The van der Waals surface area contributed by atoms with Crippen molar-refractivity contribution in [2.24, 2.45) is 0 Å². The van der Waals surface area contributed by atoms with Gasteiger partial charge in [0.2, 0.25) is 0 Å². The molecule has 0 aromatic heterocycles. The molecule has 0 fully saturated rings. The van der Waals surface area contributed by atoms with Crippen molar-refractivity contribution in [3.8, 4) is 5.75 Å². The van der Waals surface area contributed by atoms with Crippen molar-refractivity contribution in [1.82, 2.24) is 0 Å². The Kier molecular flexibility index (Phi) is 4.24. The topological polar surface area (TPSA) is 29.5 Å². The maximum absolute atomic E-state index is 10.1. The van der Waals surface area contributed by atoms with E-state index in [4.69, 9.17) is 16.3 Å². The van der Waals surface area contributed by atoms with Crippen LogP contribution >= 0.6 is 11.6 Å². The average molecular weight is 263 g/mol. The van der Waals surface area contributed by atoms with E-state index in [-0.39, 0.29) is 6.61 Å². The van der Waals surface area contributed by atoms with Crippen LogP contribution < -0.4 is 4.74 Å². The highest BCUT2D eigenvalue weighted by Gasteiger charge is 2.10. The molecule has 18 heavy (non-hydrogen) atoms. The van der Waals surface area contributed by atoms with Crippen LogP contribution in [0.15, 0.2) is 48.5 Å². The molecular formula is C15H15ClO2. The van der Waals surface area contributed by atoms with Gasteiger partial charge in [-0.1, -0.05) is 35.9 Å². The van der Waals surface area contributed by atoms with Crippen molar-refractivity contribution in [1.29, 1.82) is 0 Å². The van der Waals surface area contributed by atoms with Crippen molar-refractivity contribution < 1.29 is 9.84 Å². The summed E-state index contributed by atoms with van der Waals surface area (Å²) in [4.78, 5) is 0. The fraction of sp³-hybridized carbons (Fsp3) is 0.200. The van der Waals surface area contributed by atoms with Crippen molar-refractivity contribution in [2.45, 2.75) is 13.0 Å². The van der Waals surface area contributed by atoms with Crippen LogP contribution in [0.4, 0.5) is 0 Å². The summed E-state index contributed by atoms with van der Waals surface area (Å²) in [6, 6.07) is 14.8. The van der Waals surface area contributed by atoms with Crippen LogP contribution in [0, 0.1) is 6.92 Å². The normalized spacial score (nSPS) is 12.2. The Morgan fingerprint density at radius 2 is 1.78 bits per heavy atom. The zero-order valence-corrected chi connectivity index (χ0v) is 10.9. The molecule has 94 valence electrons. The Bertz CT molecular complexity index is 508. The molecule has 0 radical (unpaired) electrons. The van der Waals surface area contributed by atoms with Gasteiger partial charge < -0.3 is 9.84 Å². The quantitative estimate of drug-likeness (QED) is 0.909. The first-order chi connectivity index (χ1) is 8.66. The van der Waals surface area contributed by atoms with Crippen LogP contribution in [0.5, 0.6) is 5.75 Å². The third kappa shape index (κ3) is 3.25. The summed E-state index contributed by atoms with van der Waals surface area (Å²) in [5.41, 5.74) is 1.95. The molecule has 0 saturated carbocycles. The highest BCUT2D eigenvalue weighted by Crippen LogP contribution is 2.20. The number of benzene rings is 2. The molecule has 0 saturated heterocycles. The van der Waals surface area contributed by atoms with Crippen molar-refractivity contribution in [2.75, 3.05) is 6.61 Å². The first-order valence-corrected chi connectivity index (χ1v) is 6.16. The molecule has 2 nitrogen and oxygen atoms in total. The second-order valence-electron chi connectivity index (χ2n) is 4.14. The van der Waals surface area contributed by atoms with E-state index in [1.54, 1.807) is 24.3 Å². The van der Waals surface area contributed by atoms with Gasteiger partial charge in [0.15, 0.2) is 0 Å². The minimum Gasteiger partial charge on any atom is -0.491 e. The van der Waals surface area contributed by atoms with Gasteiger partial charge in [0.05, 0.1) is 0 Å². The number of hydrogen-bond donors (Lipinski definition) is 1. The van der Waals surface area contributed by atoms with Crippen molar-refractivity contribution in [3.63, 3.8) is 0 Å². The van der Waals surface area contributed by atoms with Gasteiger partial charge in [0.1, 0.15) is 18.5 Å². The predicted molar refractivity (Wildman–Crippen MR) is 73.1 cm³/mol. The van der Waals surface area contributed by atoms with Crippen LogP contribution in [0.25, 0.3) is 0 Å². The van der Waals surface area contributed by atoms with E-state index in [9.17, 15) is 5.11 Å². The predicted octanol–water partition coefficient (Wildman–Crippen LogP) is 3.76. The van der Waals surface area contributed by atoms with Crippen molar-refractivity contribution >= 4 is 11.6 Å². The van der Waals surface area contributed by atoms with Crippen LogP contribution in [-0.2, 0) is 0 Å².